The number of benzene rings is 8. The summed E-state index contributed by atoms with van der Waals surface area (Å²) in [6, 6.07) is 71.4. The molecule has 1 fully saturated rings. The summed E-state index contributed by atoms with van der Waals surface area (Å²) in [5, 5.41) is 0.487. The van der Waals surface area contributed by atoms with E-state index in [2.05, 4.69) is 270 Å². The second kappa shape index (κ2) is 15.8. The molecule has 3 aliphatic heterocycles. The Morgan fingerprint density at radius 3 is 1.64 bits per heavy atom. The van der Waals surface area contributed by atoms with Gasteiger partial charge in [-0.15, -0.1) is 0 Å². The largest absolute Gasteiger partial charge is 0.334 e. The zero-order valence-electron chi connectivity index (χ0n) is 42.7. The summed E-state index contributed by atoms with van der Waals surface area (Å²) in [4.78, 5) is 8.02. The van der Waals surface area contributed by atoms with Crippen molar-refractivity contribution in [2.75, 3.05) is 33.5 Å². The van der Waals surface area contributed by atoms with Gasteiger partial charge in [0.2, 0.25) is 0 Å². The standard InChI is InChI=1S/C65H66BN3S/c1-44(70(8,9)10)47-34-36-56-53(38-47)64(6)42-62(2,3)63(4,5)43-65(64,7)69(56)52-40-59-61-60(41-52)68(51-30-22-27-48(37-51)45-23-14-11-15-24-45)58-39-49(46-25-16-12-17-26-46)33-35-55(58)66(61)54-31-20-21-32-57(54)67(59)50-28-18-13-19-29-50/h11-41,44H,42-43H2,1-10H3. The number of para-hydroxylation sites is 2. The molecule has 1 saturated carbocycles. The number of rotatable bonds is 7. The SMILES string of the molecule is CC(c1ccc2c(c1)C1(C)CC(C)(C)C(C)(C)CC1(C)N2c1cc2c3c(c1)N(c1cccc(-c4ccccc4)c1)c1cc(-c4ccccc4)ccc1B3c1ccccc1N2c1ccccc1)S(C)(C)C. The fourth-order valence-electron chi connectivity index (χ4n) is 13.3. The summed E-state index contributed by atoms with van der Waals surface area (Å²) in [6.07, 6.45) is 9.57. The fraction of sp³-hybridized carbons (Fsp3) is 0.262. The molecule has 12 rings (SSSR count). The second-order valence-corrected chi connectivity index (χ2v) is 27.9. The summed E-state index contributed by atoms with van der Waals surface area (Å²) in [5.74, 6) is 0. The predicted molar refractivity (Wildman–Crippen MR) is 306 cm³/mol. The van der Waals surface area contributed by atoms with E-state index in [-0.39, 0.29) is 28.5 Å². The summed E-state index contributed by atoms with van der Waals surface area (Å²) in [7, 11) is -0.843. The van der Waals surface area contributed by atoms with E-state index < -0.39 is 10.0 Å². The van der Waals surface area contributed by atoms with Crippen molar-refractivity contribution in [1.82, 2.24) is 0 Å². The van der Waals surface area contributed by atoms with Crippen molar-refractivity contribution in [3.63, 3.8) is 0 Å². The van der Waals surface area contributed by atoms with Gasteiger partial charge in [0.05, 0.1) is 5.54 Å². The van der Waals surface area contributed by atoms with E-state index in [0.717, 1.165) is 24.2 Å². The molecule has 1 aliphatic carbocycles. The first-order valence-corrected chi connectivity index (χ1v) is 28.3. The third-order valence-electron chi connectivity index (χ3n) is 18.0. The van der Waals surface area contributed by atoms with E-state index in [9.17, 15) is 0 Å². The van der Waals surface area contributed by atoms with Crippen LogP contribution in [0.1, 0.15) is 77.7 Å². The lowest BCUT2D eigenvalue weighted by molar-refractivity contribution is -0.0311. The molecule has 3 unspecified atom stereocenters. The Kier molecular flexibility index (Phi) is 10.1. The molecule has 0 radical (unpaired) electrons. The van der Waals surface area contributed by atoms with Crippen molar-refractivity contribution in [2.24, 2.45) is 10.8 Å². The molecule has 70 heavy (non-hydrogen) atoms. The van der Waals surface area contributed by atoms with Gasteiger partial charge in [-0.25, -0.2) is 10.0 Å². The van der Waals surface area contributed by atoms with Crippen molar-refractivity contribution in [2.45, 2.75) is 77.5 Å². The van der Waals surface area contributed by atoms with Crippen molar-refractivity contribution >= 4 is 78.6 Å². The van der Waals surface area contributed by atoms with Crippen LogP contribution in [0.15, 0.2) is 188 Å². The van der Waals surface area contributed by atoms with Crippen LogP contribution in [-0.4, -0.2) is 31.0 Å². The maximum Gasteiger partial charge on any atom is 0.252 e. The Hall–Kier alpha value is -6.43. The first-order valence-electron chi connectivity index (χ1n) is 25.4. The number of fused-ring (bicyclic) bond motifs is 7. The topological polar surface area (TPSA) is 9.72 Å². The third-order valence-corrected chi connectivity index (χ3v) is 20.4. The molecule has 4 aliphatic rings. The second-order valence-electron chi connectivity index (χ2n) is 23.4. The van der Waals surface area contributed by atoms with Crippen molar-refractivity contribution < 1.29 is 0 Å². The molecule has 0 saturated heterocycles. The van der Waals surface area contributed by atoms with Gasteiger partial charge in [-0.05, 0) is 154 Å². The zero-order chi connectivity index (χ0) is 48.5. The lowest BCUT2D eigenvalue weighted by Gasteiger charge is -2.61. The summed E-state index contributed by atoms with van der Waals surface area (Å²) >= 11 is 0. The van der Waals surface area contributed by atoms with Gasteiger partial charge < -0.3 is 14.7 Å². The first kappa shape index (κ1) is 44.8. The van der Waals surface area contributed by atoms with Gasteiger partial charge in [-0.2, -0.15) is 0 Å². The van der Waals surface area contributed by atoms with E-state index >= 15 is 0 Å². The molecular weight excluding hydrogens is 866 g/mol. The fourth-order valence-corrected chi connectivity index (χ4v) is 14.3. The number of anilines is 8. The van der Waals surface area contributed by atoms with Gasteiger partial charge in [-0.1, -0.05) is 175 Å². The minimum Gasteiger partial charge on any atom is -0.334 e. The minimum atomic E-state index is -0.843. The van der Waals surface area contributed by atoms with Gasteiger partial charge in [0.1, 0.15) is 0 Å². The first-order chi connectivity index (χ1) is 33.5. The highest BCUT2D eigenvalue weighted by Gasteiger charge is 2.65. The van der Waals surface area contributed by atoms with Crippen LogP contribution >= 0.6 is 10.0 Å². The zero-order valence-corrected chi connectivity index (χ0v) is 43.5. The molecule has 0 aromatic heterocycles. The van der Waals surface area contributed by atoms with Crippen LogP contribution in [0, 0.1) is 10.8 Å². The van der Waals surface area contributed by atoms with Gasteiger partial charge >= 0.3 is 0 Å². The van der Waals surface area contributed by atoms with Crippen LogP contribution in [-0.2, 0) is 5.41 Å². The molecular formula is C65H66BN3S. The van der Waals surface area contributed by atoms with Crippen LogP contribution in [0.2, 0.25) is 0 Å². The predicted octanol–water partition coefficient (Wildman–Crippen LogP) is 15.9. The number of hydrogen-bond acceptors (Lipinski definition) is 3. The molecule has 3 heterocycles. The molecule has 0 amide bonds. The summed E-state index contributed by atoms with van der Waals surface area (Å²) in [6.45, 7) is 17.8. The summed E-state index contributed by atoms with van der Waals surface area (Å²) in [5.41, 5.74) is 21.5. The Morgan fingerprint density at radius 1 is 0.443 bits per heavy atom. The van der Waals surface area contributed by atoms with Crippen LogP contribution in [0.5, 0.6) is 0 Å². The van der Waals surface area contributed by atoms with E-state index in [0.29, 0.717) is 5.25 Å². The average molecular weight is 932 g/mol. The normalized spacial score (nSPS) is 21.0. The van der Waals surface area contributed by atoms with Crippen LogP contribution < -0.4 is 31.1 Å². The maximum atomic E-state index is 2.83. The average Bonchev–Trinajstić information content (AvgIpc) is 3.54. The van der Waals surface area contributed by atoms with Crippen molar-refractivity contribution in [1.29, 1.82) is 0 Å². The van der Waals surface area contributed by atoms with Gasteiger partial charge in [0, 0.05) is 56.2 Å². The highest BCUT2D eigenvalue weighted by molar-refractivity contribution is 8.32. The van der Waals surface area contributed by atoms with E-state index in [1.54, 1.807) is 0 Å². The lowest BCUT2D eigenvalue weighted by atomic mass is 9.33. The lowest BCUT2D eigenvalue weighted by Crippen LogP contribution is -2.63. The monoisotopic (exact) mass is 932 g/mol. The molecule has 350 valence electrons. The molecule has 0 spiro atoms. The van der Waals surface area contributed by atoms with E-state index in [1.165, 1.54) is 83.9 Å². The molecule has 5 heteroatoms. The highest BCUT2D eigenvalue weighted by Crippen LogP contribution is 2.69. The van der Waals surface area contributed by atoms with E-state index in [4.69, 9.17) is 0 Å². The third kappa shape index (κ3) is 6.63. The van der Waals surface area contributed by atoms with Crippen LogP contribution in [0.25, 0.3) is 22.3 Å². The number of nitrogens with zero attached hydrogens (tertiary/aromatic N) is 3. The Balaban J connectivity index is 1.19. The number of hydrogen-bond donors (Lipinski definition) is 0. The Morgan fingerprint density at radius 2 is 0.986 bits per heavy atom. The Bertz CT molecular complexity index is 3340. The van der Waals surface area contributed by atoms with Crippen LogP contribution in [0.4, 0.5) is 45.5 Å². The molecule has 0 bridgehead atoms. The summed E-state index contributed by atoms with van der Waals surface area (Å²) < 4.78 is 0. The minimum absolute atomic E-state index is 0.00802. The smallest absolute Gasteiger partial charge is 0.252 e. The highest BCUT2D eigenvalue weighted by atomic mass is 32.3. The molecule has 3 nitrogen and oxygen atoms in total. The molecule has 8 aromatic rings. The molecule has 8 aromatic carbocycles. The van der Waals surface area contributed by atoms with Crippen LogP contribution in [0.3, 0.4) is 0 Å². The maximum absolute atomic E-state index is 2.83. The molecule has 0 N–H and O–H groups in total. The quantitative estimate of drug-likeness (QED) is 0.147. The van der Waals surface area contributed by atoms with Gasteiger partial charge in [0.25, 0.3) is 6.71 Å². The van der Waals surface area contributed by atoms with Gasteiger partial charge in [0.15, 0.2) is 0 Å². The Labute approximate surface area is 419 Å². The van der Waals surface area contributed by atoms with Crippen molar-refractivity contribution in [3.8, 4) is 22.3 Å². The van der Waals surface area contributed by atoms with Gasteiger partial charge in [-0.3, -0.25) is 0 Å². The molecule has 3 atom stereocenters. The van der Waals surface area contributed by atoms with Crippen molar-refractivity contribution in [3.05, 3.63) is 199 Å². The van der Waals surface area contributed by atoms with E-state index in [1.807, 2.05) is 0 Å².